The number of alkyl halides is 3. The van der Waals surface area contributed by atoms with Crippen molar-refractivity contribution in [1.82, 2.24) is 10.2 Å². The van der Waals surface area contributed by atoms with Crippen molar-refractivity contribution in [1.29, 1.82) is 0 Å². The molecule has 0 aromatic heterocycles. The van der Waals surface area contributed by atoms with Crippen molar-refractivity contribution in [2.75, 3.05) is 13.1 Å². The summed E-state index contributed by atoms with van der Waals surface area (Å²) in [6.45, 7) is 6.50. The van der Waals surface area contributed by atoms with Crippen LogP contribution in [0.1, 0.15) is 38.3 Å². The number of benzene rings is 1. The Morgan fingerprint density at radius 1 is 1.20 bits per heavy atom. The molecule has 138 valence electrons. The second kappa shape index (κ2) is 7.06. The molecule has 0 radical (unpaired) electrons. The summed E-state index contributed by atoms with van der Waals surface area (Å²) >= 11 is 0. The van der Waals surface area contributed by atoms with E-state index in [0.29, 0.717) is 25.1 Å². The van der Waals surface area contributed by atoms with Gasteiger partial charge in [-0.15, -0.1) is 0 Å². The molecule has 0 saturated carbocycles. The van der Waals surface area contributed by atoms with Gasteiger partial charge in [-0.05, 0) is 44.9 Å². The number of hydrogen-bond donors (Lipinski definition) is 1. The molecule has 1 aliphatic rings. The molecule has 1 saturated heterocycles. The summed E-state index contributed by atoms with van der Waals surface area (Å²) in [4.78, 5) is 25.9. The Hall–Kier alpha value is -2.05. The van der Waals surface area contributed by atoms with E-state index in [2.05, 4.69) is 5.32 Å². The van der Waals surface area contributed by atoms with Gasteiger partial charge in [-0.1, -0.05) is 12.1 Å². The Bertz CT molecular complexity index is 633. The van der Waals surface area contributed by atoms with Crippen LogP contribution in [0.3, 0.4) is 0 Å². The van der Waals surface area contributed by atoms with Gasteiger partial charge in [0.2, 0.25) is 11.8 Å². The second-order valence-corrected chi connectivity index (χ2v) is 7.31. The van der Waals surface area contributed by atoms with E-state index in [1.807, 2.05) is 20.8 Å². The average molecular weight is 356 g/mol. The highest BCUT2D eigenvalue weighted by molar-refractivity contribution is 5.89. The van der Waals surface area contributed by atoms with Crippen molar-refractivity contribution in [3.05, 3.63) is 35.4 Å². The largest absolute Gasteiger partial charge is 0.416 e. The highest BCUT2D eigenvalue weighted by Crippen LogP contribution is 2.29. The van der Waals surface area contributed by atoms with Gasteiger partial charge in [-0.2, -0.15) is 13.2 Å². The third kappa shape index (κ3) is 4.96. The summed E-state index contributed by atoms with van der Waals surface area (Å²) in [5.41, 5.74) is -0.286. The van der Waals surface area contributed by atoms with Crippen molar-refractivity contribution >= 4 is 11.8 Å². The van der Waals surface area contributed by atoms with Crippen molar-refractivity contribution in [2.45, 2.75) is 45.3 Å². The fourth-order valence-corrected chi connectivity index (χ4v) is 2.87. The molecule has 7 heteroatoms. The van der Waals surface area contributed by atoms with E-state index in [9.17, 15) is 22.8 Å². The van der Waals surface area contributed by atoms with Crippen LogP contribution in [0, 0.1) is 5.92 Å². The number of carbonyl (C=O) groups is 2. The quantitative estimate of drug-likeness (QED) is 0.902. The smallest absolute Gasteiger partial charge is 0.355 e. The zero-order chi connectivity index (χ0) is 18.8. The van der Waals surface area contributed by atoms with Gasteiger partial charge < -0.3 is 10.2 Å². The summed E-state index contributed by atoms with van der Waals surface area (Å²) in [7, 11) is 0. The molecule has 0 aliphatic carbocycles. The zero-order valence-electron chi connectivity index (χ0n) is 14.6. The van der Waals surface area contributed by atoms with Crippen LogP contribution in [-0.4, -0.2) is 35.3 Å². The highest BCUT2D eigenvalue weighted by atomic mass is 19.4. The fraction of sp³-hybridized carbons (Fsp3) is 0.556. The topological polar surface area (TPSA) is 49.4 Å². The standard InChI is InChI=1S/C18H23F3N2O2/c1-17(2,3)23-11-13(10-15(23)24)16(25)22-9-8-12-4-6-14(7-5-12)18(19,20)21/h4-7,13H,8-11H2,1-3H3,(H,22,25)/t13-/m0/s1. The molecule has 1 aromatic rings. The second-order valence-electron chi connectivity index (χ2n) is 7.31. The molecule has 0 bridgehead atoms. The first kappa shape index (κ1) is 19.3. The minimum absolute atomic E-state index is 0.0320. The van der Waals surface area contributed by atoms with Gasteiger partial charge in [0, 0.05) is 25.0 Å². The van der Waals surface area contributed by atoms with Gasteiger partial charge in [-0.3, -0.25) is 9.59 Å². The normalized spacial score (nSPS) is 18.6. The molecule has 1 heterocycles. The lowest BCUT2D eigenvalue weighted by atomic mass is 10.1. The van der Waals surface area contributed by atoms with Crippen molar-refractivity contribution in [2.24, 2.45) is 5.92 Å². The molecular weight excluding hydrogens is 333 g/mol. The molecule has 0 spiro atoms. The first-order chi connectivity index (χ1) is 11.5. The molecule has 1 N–H and O–H groups in total. The Kier molecular flexibility index (Phi) is 5.44. The van der Waals surface area contributed by atoms with Crippen molar-refractivity contribution < 1.29 is 22.8 Å². The molecule has 25 heavy (non-hydrogen) atoms. The third-order valence-electron chi connectivity index (χ3n) is 4.30. The van der Waals surface area contributed by atoms with Gasteiger partial charge in [0.05, 0.1) is 11.5 Å². The Balaban J connectivity index is 1.82. The maximum absolute atomic E-state index is 12.5. The average Bonchev–Trinajstić information content (AvgIpc) is 2.89. The monoisotopic (exact) mass is 356 g/mol. The van der Waals surface area contributed by atoms with Crippen LogP contribution in [-0.2, 0) is 22.2 Å². The molecule has 1 fully saturated rings. The van der Waals surface area contributed by atoms with Crippen LogP contribution < -0.4 is 5.32 Å². The Morgan fingerprint density at radius 3 is 2.28 bits per heavy atom. The SMILES string of the molecule is CC(C)(C)N1C[C@@H](C(=O)NCCc2ccc(C(F)(F)F)cc2)CC1=O. The molecule has 1 atom stereocenters. The van der Waals surface area contributed by atoms with Gasteiger partial charge in [0.1, 0.15) is 0 Å². The van der Waals surface area contributed by atoms with Crippen molar-refractivity contribution in [3.63, 3.8) is 0 Å². The highest BCUT2D eigenvalue weighted by Gasteiger charge is 2.39. The number of hydrogen-bond acceptors (Lipinski definition) is 2. The number of carbonyl (C=O) groups excluding carboxylic acids is 2. The van der Waals surface area contributed by atoms with Crippen LogP contribution in [0.25, 0.3) is 0 Å². The third-order valence-corrected chi connectivity index (χ3v) is 4.30. The molecular formula is C18H23F3N2O2. The van der Waals surface area contributed by atoms with E-state index < -0.39 is 11.7 Å². The lowest BCUT2D eigenvalue weighted by Crippen LogP contribution is -2.43. The first-order valence-corrected chi connectivity index (χ1v) is 8.23. The number of nitrogens with zero attached hydrogens (tertiary/aromatic N) is 1. The van der Waals surface area contributed by atoms with E-state index in [-0.39, 0.29) is 29.7 Å². The number of halogens is 3. The number of rotatable bonds is 4. The maximum Gasteiger partial charge on any atom is 0.416 e. The van der Waals surface area contributed by atoms with Crippen LogP contribution in [0.5, 0.6) is 0 Å². The summed E-state index contributed by atoms with van der Waals surface area (Å²) in [5, 5.41) is 2.77. The Labute approximate surface area is 145 Å². The van der Waals surface area contributed by atoms with E-state index in [4.69, 9.17) is 0 Å². The van der Waals surface area contributed by atoms with Gasteiger partial charge >= 0.3 is 6.18 Å². The summed E-state index contributed by atoms with van der Waals surface area (Å²) in [6.07, 6.45) is -3.71. The van der Waals surface area contributed by atoms with Crippen LogP contribution in [0.15, 0.2) is 24.3 Å². The summed E-state index contributed by atoms with van der Waals surface area (Å²) in [5.74, 6) is -0.596. The van der Waals surface area contributed by atoms with E-state index in [0.717, 1.165) is 12.1 Å². The molecule has 1 aliphatic heterocycles. The number of amides is 2. The molecule has 1 aromatic carbocycles. The van der Waals surface area contributed by atoms with Crippen molar-refractivity contribution in [3.8, 4) is 0 Å². The minimum Gasteiger partial charge on any atom is -0.355 e. The molecule has 4 nitrogen and oxygen atoms in total. The van der Waals surface area contributed by atoms with Gasteiger partial charge in [-0.25, -0.2) is 0 Å². The van der Waals surface area contributed by atoms with Crippen LogP contribution >= 0.6 is 0 Å². The maximum atomic E-state index is 12.5. The molecule has 2 amide bonds. The lowest BCUT2D eigenvalue weighted by Gasteiger charge is -2.31. The van der Waals surface area contributed by atoms with Crippen LogP contribution in [0.2, 0.25) is 0 Å². The van der Waals surface area contributed by atoms with Gasteiger partial charge in [0.15, 0.2) is 0 Å². The number of likely N-dealkylation sites (tertiary alicyclic amines) is 1. The lowest BCUT2D eigenvalue weighted by molar-refractivity contribution is -0.137. The first-order valence-electron chi connectivity index (χ1n) is 8.23. The van der Waals surface area contributed by atoms with Crippen LogP contribution in [0.4, 0.5) is 13.2 Å². The predicted molar refractivity (Wildman–Crippen MR) is 87.7 cm³/mol. The Morgan fingerprint density at radius 2 is 1.80 bits per heavy atom. The fourth-order valence-electron chi connectivity index (χ4n) is 2.87. The summed E-state index contributed by atoms with van der Waals surface area (Å²) in [6, 6.07) is 4.90. The predicted octanol–water partition coefficient (Wildman–Crippen LogP) is 3.01. The van der Waals surface area contributed by atoms with E-state index >= 15 is 0 Å². The van der Waals surface area contributed by atoms with E-state index in [1.165, 1.54) is 12.1 Å². The zero-order valence-corrected chi connectivity index (χ0v) is 14.6. The number of nitrogens with one attached hydrogen (secondary N) is 1. The van der Waals surface area contributed by atoms with Gasteiger partial charge in [0.25, 0.3) is 0 Å². The molecule has 2 rings (SSSR count). The minimum atomic E-state index is -4.35. The summed E-state index contributed by atoms with van der Waals surface area (Å²) < 4.78 is 37.5. The molecule has 0 unspecified atom stereocenters. The van der Waals surface area contributed by atoms with E-state index in [1.54, 1.807) is 4.90 Å².